The highest BCUT2D eigenvalue weighted by Gasteiger charge is 2.21. The molecule has 1 fully saturated rings. The number of carbonyl (C=O) groups is 1. The van der Waals surface area contributed by atoms with E-state index in [0.717, 1.165) is 37.7 Å². The van der Waals surface area contributed by atoms with Crippen molar-refractivity contribution in [2.24, 2.45) is 0 Å². The molecule has 1 amide bonds. The summed E-state index contributed by atoms with van der Waals surface area (Å²) in [5.74, 6) is 1.03. The maximum atomic E-state index is 13.2. The van der Waals surface area contributed by atoms with E-state index in [9.17, 15) is 9.18 Å². The van der Waals surface area contributed by atoms with Gasteiger partial charge in [-0.3, -0.25) is 9.69 Å². The molecule has 0 saturated carbocycles. The zero-order valence-electron chi connectivity index (χ0n) is 15.0. The van der Waals surface area contributed by atoms with E-state index >= 15 is 0 Å². The number of aromatic nitrogens is 4. The molecule has 1 aliphatic heterocycles. The van der Waals surface area contributed by atoms with Crippen LogP contribution in [-0.2, 0) is 4.79 Å². The number of rotatable bonds is 4. The van der Waals surface area contributed by atoms with Gasteiger partial charge < -0.3 is 10.2 Å². The largest absolute Gasteiger partial charge is 0.354 e. The number of piperazine rings is 1. The van der Waals surface area contributed by atoms with Gasteiger partial charge in [-0.2, -0.15) is 14.6 Å². The lowest BCUT2D eigenvalue weighted by atomic mass is 10.2. The number of carbonyl (C=O) groups excluding carboxylic acids is 1. The summed E-state index contributed by atoms with van der Waals surface area (Å²) in [6.45, 7) is 5.24. The van der Waals surface area contributed by atoms with Crippen LogP contribution in [0.15, 0.2) is 36.7 Å². The molecule has 3 heterocycles. The van der Waals surface area contributed by atoms with Crippen molar-refractivity contribution >= 4 is 23.2 Å². The first-order chi connectivity index (χ1) is 13.1. The molecule has 1 aromatic carbocycles. The van der Waals surface area contributed by atoms with Crippen molar-refractivity contribution in [1.29, 1.82) is 0 Å². The molecule has 2 aromatic heterocycles. The number of fused-ring (bicyclic) bond motifs is 1. The molecule has 0 spiro atoms. The average molecular weight is 369 g/mol. The van der Waals surface area contributed by atoms with Gasteiger partial charge in [-0.15, -0.1) is 0 Å². The maximum absolute atomic E-state index is 13.2. The van der Waals surface area contributed by atoms with Gasteiger partial charge in [0, 0.05) is 43.6 Å². The highest BCUT2D eigenvalue weighted by molar-refractivity contribution is 5.92. The minimum atomic E-state index is -0.367. The first-order valence-electron chi connectivity index (χ1n) is 8.78. The lowest BCUT2D eigenvalue weighted by Gasteiger charge is -2.35. The Morgan fingerprint density at radius 3 is 2.81 bits per heavy atom. The van der Waals surface area contributed by atoms with Crippen molar-refractivity contribution in [3.05, 3.63) is 48.2 Å². The van der Waals surface area contributed by atoms with Crippen LogP contribution in [0.4, 0.5) is 15.9 Å². The van der Waals surface area contributed by atoms with E-state index in [2.05, 4.69) is 30.2 Å². The summed E-state index contributed by atoms with van der Waals surface area (Å²) in [7, 11) is 0. The third kappa shape index (κ3) is 3.87. The number of amides is 1. The highest BCUT2D eigenvalue weighted by atomic mass is 19.1. The summed E-state index contributed by atoms with van der Waals surface area (Å²) in [4.78, 5) is 25.0. The number of anilines is 2. The van der Waals surface area contributed by atoms with Crippen LogP contribution >= 0.6 is 0 Å². The monoisotopic (exact) mass is 369 g/mol. The first kappa shape index (κ1) is 17.3. The Labute approximate surface area is 155 Å². The number of aryl methyl sites for hydroxylation is 1. The van der Waals surface area contributed by atoms with Gasteiger partial charge in [0.1, 0.15) is 18.0 Å². The second-order valence-corrected chi connectivity index (χ2v) is 6.55. The molecule has 0 bridgehead atoms. The van der Waals surface area contributed by atoms with E-state index in [1.54, 1.807) is 16.6 Å². The molecule has 0 unspecified atom stereocenters. The van der Waals surface area contributed by atoms with Crippen LogP contribution in [-0.4, -0.2) is 63.1 Å². The van der Waals surface area contributed by atoms with Gasteiger partial charge in [0.05, 0.1) is 6.54 Å². The van der Waals surface area contributed by atoms with Crippen LogP contribution in [0.1, 0.15) is 5.69 Å². The van der Waals surface area contributed by atoms with Crippen LogP contribution in [0.25, 0.3) is 5.78 Å². The Morgan fingerprint density at radius 2 is 2.04 bits per heavy atom. The SMILES string of the molecule is Cc1cc(N2CCN(CC(=O)Nc3cccc(F)c3)CC2)n2ncnc2n1. The summed E-state index contributed by atoms with van der Waals surface area (Å²) >= 11 is 0. The predicted octanol–water partition coefficient (Wildman–Crippen LogP) is 1.33. The van der Waals surface area contributed by atoms with Crippen molar-refractivity contribution in [1.82, 2.24) is 24.5 Å². The molecule has 27 heavy (non-hydrogen) atoms. The molecule has 0 atom stereocenters. The molecule has 1 aliphatic rings. The average Bonchev–Trinajstić information content (AvgIpc) is 3.10. The maximum Gasteiger partial charge on any atom is 0.254 e. The van der Waals surface area contributed by atoms with Crippen molar-refractivity contribution in [2.75, 3.05) is 42.9 Å². The van der Waals surface area contributed by atoms with Crippen LogP contribution < -0.4 is 10.2 Å². The standard InChI is InChI=1S/C18H20FN7O/c1-13-9-17(26-18(22-13)20-12-21-26)25-7-5-24(6-8-25)11-16(27)23-15-4-2-3-14(19)10-15/h2-4,9-10,12H,5-8,11H2,1H3,(H,23,27). The lowest BCUT2D eigenvalue weighted by Crippen LogP contribution is -2.49. The topological polar surface area (TPSA) is 78.7 Å². The third-order valence-electron chi connectivity index (χ3n) is 4.53. The molecule has 140 valence electrons. The van der Waals surface area contributed by atoms with Crippen LogP contribution in [0.2, 0.25) is 0 Å². The summed E-state index contributed by atoms with van der Waals surface area (Å²) in [5, 5.41) is 6.99. The number of nitrogens with zero attached hydrogens (tertiary/aromatic N) is 6. The minimum absolute atomic E-state index is 0.146. The zero-order valence-corrected chi connectivity index (χ0v) is 15.0. The van der Waals surface area contributed by atoms with Crippen molar-refractivity contribution in [2.45, 2.75) is 6.92 Å². The van der Waals surface area contributed by atoms with Gasteiger partial charge in [-0.05, 0) is 25.1 Å². The van der Waals surface area contributed by atoms with Gasteiger partial charge in [-0.1, -0.05) is 6.07 Å². The Bertz CT molecular complexity index is 965. The van der Waals surface area contributed by atoms with E-state index in [-0.39, 0.29) is 18.3 Å². The highest BCUT2D eigenvalue weighted by Crippen LogP contribution is 2.18. The smallest absolute Gasteiger partial charge is 0.254 e. The van der Waals surface area contributed by atoms with Gasteiger partial charge in [-0.25, -0.2) is 9.37 Å². The van der Waals surface area contributed by atoms with E-state index in [1.165, 1.54) is 18.5 Å². The molecule has 0 radical (unpaired) electrons. The quantitative estimate of drug-likeness (QED) is 0.748. The summed E-state index contributed by atoms with van der Waals surface area (Å²) in [5.41, 5.74) is 1.36. The van der Waals surface area contributed by atoms with Crippen molar-refractivity contribution < 1.29 is 9.18 Å². The van der Waals surface area contributed by atoms with Gasteiger partial charge >= 0.3 is 0 Å². The van der Waals surface area contributed by atoms with Crippen molar-refractivity contribution in [3.63, 3.8) is 0 Å². The molecule has 9 heteroatoms. The van der Waals surface area contributed by atoms with Crippen molar-refractivity contribution in [3.8, 4) is 0 Å². The predicted molar refractivity (Wildman–Crippen MR) is 99.2 cm³/mol. The van der Waals surface area contributed by atoms with Gasteiger partial charge in [0.2, 0.25) is 5.91 Å². The number of nitrogens with one attached hydrogen (secondary N) is 1. The number of hydrogen-bond acceptors (Lipinski definition) is 6. The fraction of sp³-hybridized carbons (Fsp3) is 0.333. The van der Waals surface area contributed by atoms with Crippen LogP contribution in [0.3, 0.4) is 0 Å². The molecule has 0 aliphatic carbocycles. The normalized spacial score (nSPS) is 15.3. The molecule has 1 saturated heterocycles. The number of benzene rings is 1. The van der Waals surface area contributed by atoms with E-state index in [4.69, 9.17) is 0 Å². The van der Waals surface area contributed by atoms with Crippen LogP contribution in [0.5, 0.6) is 0 Å². The Hall–Kier alpha value is -3.07. The number of hydrogen-bond donors (Lipinski definition) is 1. The third-order valence-corrected chi connectivity index (χ3v) is 4.53. The van der Waals surface area contributed by atoms with Crippen LogP contribution in [0, 0.1) is 12.7 Å². The molecular weight excluding hydrogens is 349 g/mol. The Balaban J connectivity index is 1.36. The van der Waals surface area contributed by atoms with E-state index < -0.39 is 0 Å². The van der Waals surface area contributed by atoms with Gasteiger partial charge in [0.25, 0.3) is 5.78 Å². The summed E-state index contributed by atoms with van der Waals surface area (Å²) in [6.07, 6.45) is 1.50. The number of halogens is 1. The van der Waals surface area contributed by atoms with E-state index in [0.29, 0.717) is 11.5 Å². The molecule has 8 nitrogen and oxygen atoms in total. The molecule has 4 rings (SSSR count). The fourth-order valence-electron chi connectivity index (χ4n) is 3.24. The minimum Gasteiger partial charge on any atom is -0.354 e. The zero-order chi connectivity index (χ0) is 18.8. The molecule has 1 N–H and O–H groups in total. The Morgan fingerprint density at radius 1 is 1.22 bits per heavy atom. The second-order valence-electron chi connectivity index (χ2n) is 6.55. The lowest BCUT2D eigenvalue weighted by molar-refractivity contribution is -0.117. The molecule has 3 aromatic rings. The second kappa shape index (κ2) is 7.28. The fourth-order valence-corrected chi connectivity index (χ4v) is 3.24. The first-order valence-corrected chi connectivity index (χ1v) is 8.78. The molecular formula is C18H20FN7O. The van der Waals surface area contributed by atoms with E-state index in [1.807, 2.05) is 13.0 Å². The summed E-state index contributed by atoms with van der Waals surface area (Å²) < 4.78 is 14.9. The Kier molecular flexibility index (Phi) is 4.68. The summed E-state index contributed by atoms with van der Waals surface area (Å²) in [6, 6.07) is 7.90. The van der Waals surface area contributed by atoms with Gasteiger partial charge in [0.15, 0.2) is 0 Å².